The number of benzene rings is 2. The van der Waals surface area contributed by atoms with E-state index >= 15 is 0 Å². The van der Waals surface area contributed by atoms with Crippen molar-refractivity contribution in [3.8, 4) is 5.75 Å². The number of anilines is 1. The lowest BCUT2D eigenvalue weighted by molar-refractivity contribution is -0.385. The normalized spacial score (nSPS) is 15.4. The highest BCUT2D eigenvalue weighted by Gasteiger charge is 2.33. The Morgan fingerprint density at radius 1 is 1.21 bits per heavy atom. The number of nitrogens with one attached hydrogen (secondary N) is 1. The molecule has 2 aromatic carbocycles. The van der Waals surface area contributed by atoms with Crippen LogP contribution in [0.3, 0.4) is 0 Å². The Hall–Kier alpha value is -4.16. The van der Waals surface area contributed by atoms with Crippen LogP contribution < -0.4 is 10.1 Å². The van der Waals surface area contributed by atoms with Crippen LogP contribution in [0.4, 0.5) is 29.5 Å². The van der Waals surface area contributed by atoms with Crippen LogP contribution in [0.15, 0.2) is 30.3 Å². The third kappa shape index (κ3) is 5.55. The molecule has 202 valence electrons. The minimum Gasteiger partial charge on any atom is -0.496 e. The number of non-ortho nitro benzene ring substituents is 1. The summed E-state index contributed by atoms with van der Waals surface area (Å²) in [5, 5.41) is 24.3. The summed E-state index contributed by atoms with van der Waals surface area (Å²) in [6.45, 7) is 4.02. The molecule has 38 heavy (non-hydrogen) atoms. The van der Waals surface area contributed by atoms with E-state index in [2.05, 4.69) is 15.3 Å². The van der Waals surface area contributed by atoms with Gasteiger partial charge in [0.15, 0.2) is 0 Å². The first kappa shape index (κ1) is 26.9. The number of amides is 1. The number of fused-ring (bicyclic) bond motifs is 1. The van der Waals surface area contributed by atoms with Gasteiger partial charge >= 0.3 is 12.3 Å². The number of hydrogen-bond donors (Lipinski definition) is 2. The summed E-state index contributed by atoms with van der Waals surface area (Å²) < 4.78 is 45.8. The Bertz CT molecular complexity index is 1390. The predicted octanol–water partition coefficient (Wildman–Crippen LogP) is 5.90. The number of piperidine rings is 1. The van der Waals surface area contributed by atoms with Crippen molar-refractivity contribution in [1.82, 2.24) is 14.9 Å². The van der Waals surface area contributed by atoms with Crippen LogP contribution in [0, 0.1) is 17.0 Å². The summed E-state index contributed by atoms with van der Waals surface area (Å²) in [4.78, 5) is 32.0. The zero-order valence-electron chi connectivity index (χ0n) is 20.9. The first-order valence-electron chi connectivity index (χ1n) is 11.8. The average Bonchev–Trinajstić information content (AvgIpc) is 2.87. The summed E-state index contributed by atoms with van der Waals surface area (Å²) in [6, 6.07) is 5.35. The average molecular weight is 534 g/mol. The molecule has 1 unspecified atom stereocenters. The number of halogens is 3. The van der Waals surface area contributed by atoms with Crippen molar-refractivity contribution < 1.29 is 32.7 Å². The SMILES string of the molecule is COc1cc2nc(C)nc(NC(C)c3cc([N+](=O)[O-])cc(C(F)(F)F)c3)c2cc1C1CCN(C(=O)O)CC1. The van der Waals surface area contributed by atoms with Crippen molar-refractivity contribution in [3.05, 3.63) is 63.0 Å². The molecule has 0 bridgehead atoms. The van der Waals surface area contributed by atoms with E-state index in [1.807, 2.05) is 6.07 Å². The third-order valence-corrected chi connectivity index (χ3v) is 6.70. The van der Waals surface area contributed by atoms with Crippen molar-refractivity contribution in [2.24, 2.45) is 0 Å². The number of nitro benzene ring substituents is 1. The Balaban J connectivity index is 1.73. The van der Waals surface area contributed by atoms with Crippen LogP contribution in [0.25, 0.3) is 10.9 Å². The van der Waals surface area contributed by atoms with E-state index in [0.717, 1.165) is 17.7 Å². The maximum Gasteiger partial charge on any atom is 0.416 e. The maximum atomic E-state index is 13.4. The van der Waals surface area contributed by atoms with Gasteiger partial charge in [-0.1, -0.05) is 0 Å². The molecule has 1 aliphatic rings. The summed E-state index contributed by atoms with van der Waals surface area (Å²) in [6.07, 6.45) is -4.53. The molecule has 1 atom stereocenters. The number of carbonyl (C=O) groups is 1. The lowest BCUT2D eigenvalue weighted by atomic mass is 9.88. The van der Waals surface area contributed by atoms with Crippen molar-refractivity contribution >= 4 is 28.5 Å². The lowest BCUT2D eigenvalue weighted by Crippen LogP contribution is -2.36. The van der Waals surface area contributed by atoms with Crippen molar-refractivity contribution in [2.75, 3.05) is 25.5 Å². The molecule has 1 aromatic heterocycles. The molecular weight excluding hydrogens is 507 g/mol. The number of nitro groups is 1. The summed E-state index contributed by atoms with van der Waals surface area (Å²) in [5.74, 6) is 1.37. The number of nitrogens with zero attached hydrogens (tertiary/aromatic N) is 4. The highest BCUT2D eigenvalue weighted by atomic mass is 19.4. The van der Waals surface area contributed by atoms with Crippen LogP contribution in [0.5, 0.6) is 5.75 Å². The van der Waals surface area contributed by atoms with Gasteiger partial charge in [-0.3, -0.25) is 10.1 Å². The first-order valence-corrected chi connectivity index (χ1v) is 11.8. The standard InChI is InChI=1S/C25H26F3N5O5/c1-13(16-8-17(25(26,27)28)10-18(9-16)33(36)37)29-23-20-11-19(15-4-6-32(7-5-15)24(34)35)22(38-3)12-21(20)30-14(2)31-23/h8-13,15H,4-7H2,1-3H3,(H,34,35)(H,29,30,31). The van der Waals surface area contributed by atoms with Gasteiger partial charge in [-0.05, 0) is 55.9 Å². The topological polar surface area (TPSA) is 131 Å². The van der Waals surface area contributed by atoms with Crippen molar-refractivity contribution in [3.63, 3.8) is 0 Å². The molecule has 2 heterocycles. The molecule has 10 nitrogen and oxygen atoms in total. The van der Waals surface area contributed by atoms with Gasteiger partial charge in [-0.25, -0.2) is 14.8 Å². The summed E-state index contributed by atoms with van der Waals surface area (Å²) >= 11 is 0. The van der Waals surface area contributed by atoms with Gasteiger partial charge in [0.25, 0.3) is 5.69 Å². The quantitative estimate of drug-likeness (QED) is 0.296. The predicted molar refractivity (Wildman–Crippen MR) is 133 cm³/mol. The number of methoxy groups -OCH3 is 1. The Labute approximate surface area is 215 Å². The fourth-order valence-electron chi connectivity index (χ4n) is 4.72. The van der Waals surface area contributed by atoms with Crippen LogP contribution in [0.2, 0.25) is 0 Å². The number of ether oxygens (including phenoxy) is 1. The van der Waals surface area contributed by atoms with Crippen LogP contribution in [0.1, 0.15) is 54.2 Å². The molecule has 4 rings (SSSR count). The van der Waals surface area contributed by atoms with E-state index in [-0.39, 0.29) is 11.5 Å². The second-order valence-corrected chi connectivity index (χ2v) is 9.21. The third-order valence-electron chi connectivity index (χ3n) is 6.70. The maximum absolute atomic E-state index is 13.4. The molecule has 1 saturated heterocycles. The van der Waals surface area contributed by atoms with E-state index in [1.54, 1.807) is 19.9 Å². The second kappa shape index (κ2) is 10.3. The Morgan fingerprint density at radius 2 is 1.89 bits per heavy atom. The highest BCUT2D eigenvalue weighted by Crippen LogP contribution is 2.39. The smallest absolute Gasteiger partial charge is 0.416 e. The molecule has 0 saturated carbocycles. The molecule has 1 amide bonds. The minimum atomic E-state index is -4.75. The van der Waals surface area contributed by atoms with Crippen molar-refractivity contribution in [2.45, 2.75) is 44.8 Å². The monoisotopic (exact) mass is 533 g/mol. The van der Waals surface area contributed by atoms with Gasteiger partial charge in [-0.15, -0.1) is 0 Å². The number of alkyl halides is 3. The highest BCUT2D eigenvalue weighted by molar-refractivity contribution is 5.91. The van der Waals surface area contributed by atoms with Crippen LogP contribution in [-0.4, -0.2) is 51.2 Å². The van der Waals surface area contributed by atoms with E-state index in [4.69, 9.17) is 4.74 Å². The fourth-order valence-corrected chi connectivity index (χ4v) is 4.72. The molecule has 1 aliphatic heterocycles. The number of hydrogen-bond acceptors (Lipinski definition) is 7. The number of rotatable bonds is 6. The lowest BCUT2D eigenvalue weighted by Gasteiger charge is -2.31. The molecule has 3 aromatic rings. The van der Waals surface area contributed by atoms with Crippen LogP contribution >= 0.6 is 0 Å². The number of likely N-dealkylation sites (tertiary alicyclic amines) is 1. The number of carboxylic acid groups (broad SMARTS) is 1. The van der Waals surface area contributed by atoms with Gasteiger partial charge in [-0.2, -0.15) is 13.2 Å². The Morgan fingerprint density at radius 3 is 2.47 bits per heavy atom. The summed E-state index contributed by atoms with van der Waals surface area (Å²) in [7, 11) is 1.53. The molecule has 0 aliphatic carbocycles. The molecular formula is C25H26F3N5O5. The molecule has 0 radical (unpaired) electrons. The van der Waals surface area contributed by atoms with Gasteiger partial charge in [0, 0.05) is 36.7 Å². The molecule has 13 heteroatoms. The number of aryl methyl sites for hydroxylation is 1. The minimum absolute atomic E-state index is 0.0163. The van der Waals surface area contributed by atoms with Gasteiger partial charge in [0.1, 0.15) is 17.4 Å². The van der Waals surface area contributed by atoms with E-state index in [9.17, 15) is 33.2 Å². The van der Waals surface area contributed by atoms with Gasteiger partial charge in [0.05, 0.1) is 29.2 Å². The number of aromatic nitrogens is 2. The second-order valence-electron chi connectivity index (χ2n) is 9.21. The van der Waals surface area contributed by atoms with E-state index < -0.39 is 34.5 Å². The first-order chi connectivity index (χ1) is 17.9. The van der Waals surface area contributed by atoms with E-state index in [0.29, 0.717) is 60.3 Å². The van der Waals surface area contributed by atoms with Crippen LogP contribution in [-0.2, 0) is 6.18 Å². The zero-order chi connectivity index (χ0) is 27.8. The Kier molecular flexibility index (Phi) is 7.29. The van der Waals surface area contributed by atoms with Gasteiger partial charge in [0.2, 0.25) is 0 Å². The van der Waals surface area contributed by atoms with Crippen molar-refractivity contribution in [1.29, 1.82) is 0 Å². The molecule has 2 N–H and O–H groups in total. The largest absolute Gasteiger partial charge is 0.496 e. The molecule has 0 spiro atoms. The zero-order valence-corrected chi connectivity index (χ0v) is 20.9. The van der Waals surface area contributed by atoms with Gasteiger partial charge < -0.3 is 20.1 Å². The summed E-state index contributed by atoms with van der Waals surface area (Å²) in [5.41, 5.74) is -0.301. The molecule has 1 fully saturated rings. The fraction of sp³-hybridized carbons (Fsp3) is 0.400. The van der Waals surface area contributed by atoms with E-state index in [1.165, 1.54) is 12.0 Å².